The van der Waals surface area contributed by atoms with E-state index in [-0.39, 0.29) is 31.1 Å². The molecule has 7 heteroatoms. The lowest BCUT2D eigenvalue weighted by atomic mass is 10.1. The van der Waals surface area contributed by atoms with Crippen molar-refractivity contribution in [3.8, 4) is 11.5 Å². The fourth-order valence-electron chi connectivity index (χ4n) is 1.37. The molecule has 0 bridgehead atoms. The first-order valence-corrected chi connectivity index (χ1v) is 6.06. The zero-order chi connectivity index (χ0) is 15.8. The van der Waals surface area contributed by atoms with Gasteiger partial charge in [-0.25, -0.2) is 4.79 Å². The molecular weight excluding hydrogens is 280 g/mol. The predicted molar refractivity (Wildman–Crippen MR) is 71.6 cm³/mol. The Hall–Kier alpha value is -2.54. The Bertz CT molecular complexity index is 524. The van der Waals surface area contributed by atoms with E-state index in [4.69, 9.17) is 9.84 Å². The molecule has 0 fully saturated rings. The lowest BCUT2D eigenvalue weighted by Crippen LogP contribution is -2.25. The molecule has 1 rings (SSSR count). The lowest BCUT2D eigenvalue weighted by molar-refractivity contribution is -0.149. The number of aliphatic hydroxyl groups is 1. The highest BCUT2D eigenvalue weighted by Crippen LogP contribution is 2.25. The van der Waals surface area contributed by atoms with E-state index in [2.05, 4.69) is 11.3 Å². The first-order chi connectivity index (χ1) is 9.92. The number of aliphatic hydroxyl groups excluding tert-OH is 1. The number of phenolic OH excluding ortho intramolecular Hbond substituents is 2. The van der Waals surface area contributed by atoms with Gasteiger partial charge >= 0.3 is 11.9 Å². The maximum absolute atomic E-state index is 11.5. The smallest absolute Gasteiger partial charge is 0.330 e. The van der Waals surface area contributed by atoms with Gasteiger partial charge in [-0.15, -0.1) is 0 Å². The second kappa shape index (κ2) is 7.91. The third-order valence-corrected chi connectivity index (χ3v) is 2.41. The molecule has 7 nitrogen and oxygen atoms in total. The van der Waals surface area contributed by atoms with Gasteiger partial charge in [0, 0.05) is 6.08 Å². The summed E-state index contributed by atoms with van der Waals surface area (Å²) in [5.41, 5.74) is 0.447. The van der Waals surface area contributed by atoms with Crippen LogP contribution < -0.4 is 0 Å². The van der Waals surface area contributed by atoms with Crippen LogP contribution in [-0.2, 0) is 25.5 Å². The highest BCUT2D eigenvalue weighted by molar-refractivity contribution is 5.81. The standard InChI is InChI=1S/C14H16O7/c1-2-13(18)20-7-10(15)8-21-14(19)6-9-3-4-11(16)12(17)5-9/h2-5,10,15-17H,1,6-8H2. The van der Waals surface area contributed by atoms with Crippen LogP contribution >= 0.6 is 0 Å². The lowest BCUT2D eigenvalue weighted by Gasteiger charge is -2.11. The van der Waals surface area contributed by atoms with Crippen LogP contribution in [0.25, 0.3) is 0 Å². The first-order valence-electron chi connectivity index (χ1n) is 6.06. The summed E-state index contributed by atoms with van der Waals surface area (Å²) in [6.45, 7) is 2.56. The molecule has 3 N–H and O–H groups in total. The Kier molecular flexibility index (Phi) is 6.22. The molecule has 0 saturated heterocycles. The number of carbonyl (C=O) groups excluding carboxylic acids is 2. The number of hydrogen-bond acceptors (Lipinski definition) is 7. The van der Waals surface area contributed by atoms with Crippen LogP contribution in [0, 0.1) is 0 Å². The van der Waals surface area contributed by atoms with Crippen LogP contribution in [0.1, 0.15) is 5.56 Å². The predicted octanol–water partition coefficient (Wildman–Crippen LogP) is 0.274. The Morgan fingerprint density at radius 1 is 1.19 bits per heavy atom. The third kappa shape index (κ3) is 5.96. The van der Waals surface area contributed by atoms with Gasteiger partial charge in [-0.05, 0) is 17.7 Å². The van der Waals surface area contributed by atoms with E-state index in [0.29, 0.717) is 5.56 Å². The van der Waals surface area contributed by atoms with Gasteiger partial charge in [0.1, 0.15) is 19.3 Å². The Morgan fingerprint density at radius 3 is 2.48 bits per heavy atom. The Labute approximate surface area is 121 Å². The molecule has 1 aromatic carbocycles. The van der Waals surface area contributed by atoms with E-state index in [9.17, 15) is 19.8 Å². The highest BCUT2D eigenvalue weighted by Gasteiger charge is 2.12. The highest BCUT2D eigenvalue weighted by atomic mass is 16.6. The van der Waals surface area contributed by atoms with Crippen molar-refractivity contribution in [2.75, 3.05) is 13.2 Å². The SMILES string of the molecule is C=CC(=O)OCC(O)COC(=O)Cc1ccc(O)c(O)c1. The summed E-state index contributed by atoms with van der Waals surface area (Å²) >= 11 is 0. The van der Waals surface area contributed by atoms with E-state index in [1.54, 1.807) is 0 Å². The molecule has 0 saturated carbocycles. The zero-order valence-corrected chi connectivity index (χ0v) is 11.2. The molecule has 0 radical (unpaired) electrons. The molecule has 21 heavy (non-hydrogen) atoms. The quantitative estimate of drug-likeness (QED) is 0.376. The van der Waals surface area contributed by atoms with Gasteiger partial charge in [-0.2, -0.15) is 0 Å². The van der Waals surface area contributed by atoms with E-state index in [0.717, 1.165) is 6.08 Å². The second-order valence-electron chi connectivity index (χ2n) is 4.17. The van der Waals surface area contributed by atoms with Crippen LogP contribution in [-0.4, -0.2) is 46.6 Å². The topological polar surface area (TPSA) is 113 Å². The fraction of sp³-hybridized carbons (Fsp3) is 0.286. The molecule has 0 amide bonds. The molecule has 0 aliphatic heterocycles. The van der Waals surface area contributed by atoms with Crippen molar-refractivity contribution in [2.24, 2.45) is 0 Å². The number of esters is 2. The second-order valence-corrected chi connectivity index (χ2v) is 4.17. The molecule has 114 valence electrons. The molecular formula is C14H16O7. The molecule has 0 aliphatic rings. The minimum atomic E-state index is -1.13. The number of hydrogen-bond donors (Lipinski definition) is 3. The first kappa shape index (κ1) is 16.5. The molecule has 0 aromatic heterocycles. The van der Waals surface area contributed by atoms with Gasteiger partial charge in [-0.3, -0.25) is 4.79 Å². The molecule has 0 aliphatic carbocycles. The summed E-state index contributed by atoms with van der Waals surface area (Å²) in [5.74, 6) is -1.93. The molecule has 0 spiro atoms. The number of aromatic hydroxyl groups is 2. The summed E-state index contributed by atoms with van der Waals surface area (Å²) in [4.78, 5) is 22.3. The van der Waals surface area contributed by atoms with Gasteiger partial charge in [0.2, 0.25) is 0 Å². The van der Waals surface area contributed by atoms with E-state index < -0.39 is 18.0 Å². The van der Waals surface area contributed by atoms with Gasteiger partial charge in [0.05, 0.1) is 6.42 Å². The van der Waals surface area contributed by atoms with Crippen LogP contribution in [0.2, 0.25) is 0 Å². The van der Waals surface area contributed by atoms with E-state index in [1.165, 1.54) is 18.2 Å². The molecule has 1 unspecified atom stereocenters. The van der Waals surface area contributed by atoms with Crippen molar-refractivity contribution in [1.82, 2.24) is 0 Å². The van der Waals surface area contributed by atoms with Crippen molar-refractivity contribution in [3.05, 3.63) is 36.4 Å². The average Bonchev–Trinajstić information content (AvgIpc) is 2.46. The van der Waals surface area contributed by atoms with Gasteiger partial charge in [0.15, 0.2) is 11.5 Å². The van der Waals surface area contributed by atoms with Crippen molar-refractivity contribution < 1.29 is 34.4 Å². The monoisotopic (exact) mass is 296 g/mol. The molecule has 1 atom stereocenters. The number of phenols is 2. The van der Waals surface area contributed by atoms with E-state index in [1.807, 2.05) is 0 Å². The summed E-state index contributed by atoms with van der Waals surface area (Å²) < 4.78 is 9.37. The van der Waals surface area contributed by atoms with E-state index >= 15 is 0 Å². The normalized spacial score (nSPS) is 11.5. The zero-order valence-electron chi connectivity index (χ0n) is 11.2. The van der Waals surface area contributed by atoms with Crippen molar-refractivity contribution in [3.63, 3.8) is 0 Å². The summed E-state index contributed by atoms with van der Waals surface area (Å²) in [6.07, 6.45) is -0.311. The molecule has 1 aromatic rings. The van der Waals surface area contributed by atoms with Crippen LogP contribution in [0.4, 0.5) is 0 Å². The number of carbonyl (C=O) groups is 2. The summed E-state index contributed by atoms with van der Waals surface area (Å²) in [5, 5.41) is 27.8. The van der Waals surface area contributed by atoms with Crippen LogP contribution in [0.5, 0.6) is 11.5 Å². The molecule has 0 heterocycles. The number of ether oxygens (including phenoxy) is 2. The number of benzene rings is 1. The van der Waals surface area contributed by atoms with Crippen molar-refractivity contribution in [1.29, 1.82) is 0 Å². The Morgan fingerprint density at radius 2 is 1.86 bits per heavy atom. The maximum Gasteiger partial charge on any atom is 0.330 e. The number of rotatable bonds is 7. The summed E-state index contributed by atoms with van der Waals surface area (Å²) in [6, 6.07) is 3.94. The van der Waals surface area contributed by atoms with Crippen LogP contribution in [0.15, 0.2) is 30.9 Å². The third-order valence-electron chi connectivity index (χ3n) is 2.41. The Balaban J connectivity index is 2.35. The van der Waals surface area contributed by atoms with Gasteiger partial charge in [0.25, 0.3) is 0 Å². The minimum absolute atomic E-state index is 0.132. The van der Waals surface area contributed by atoms with Crippen molar-refractivity contribution in [2.45, 2.75) is 12.5 Å². The van der Waals surface area contributed by atoms with Gasteiger partial charge < -0.3 is 24.8 Å². The average molecular weight is 296 g/mol. The maximum atomic E-state index is 11.5. The van der Waals surface area contributed by atoms with Crippen molar-refractivity contribution >= 4 is 11.9 Å². The largest absolute Gasteiger partial charge is 0.504 e. The fourth-order valence-corrected chi connectivity index (χ4v) is 1.37. The van der Waals surface area contributed by atoms with Gasteiger partial charge in [-0.1, -0.05) is 12.6 Å². The van der Waals surface area contributed by atoms with Crippen LogP contribution in [0.3, 0.4) is 0 Å². The minimum Gasteiger partial charge on any atom is -0.504 e. The summed E-state index contributed by atoms with van der Waals surface area (Å²) in [7, 11) is 0.